The molecule has 0 aromatic heterocycles. The van der Waals surface area contributed by atoms with E-state index in [1.807, 2.05) is 14.0 Å². The third-order valence-electron chi connectivity index (χ3n) is 6.79. The average Bonchev–Trinajstić information content (AvgIpc) is 2.83. The summed E-state index contributed by atoms with van der Waals surface area (Å²) in [5.41, 5.74) is 3.65. The highest BCUT2D eigenvalue weighted by atomic mass is 32.1. The van der Waals surface area contributed by atoms with Gasteiger partial charge in [0.1, 0.15) is 9.02 Å². The van der Waals surface area contributed by atoms with Crippen molar-refractivity contribution in [1.82, 2.24) is 9.80 Å². The van der Waals surface area contributed by atoms with Gasteiger partial charge in [-0.2, -0.15) is 0 Å². The molecule has 0 atom stereocenters. The Morgan fingerprint density at radius 3 is 1.76 bits per heavy atom. The molecule has 2 aromatic carbocycles. The first-order chi connectivity index (χ1) is 16.2. The predicted octanol–water partition coefficient (Wildman–Crippen LogP) is 3.87. The second-order valence-corrected chi connectivity index (χ2v) is 10.2. The third-order valence-corrected chi connectivity index (χ3v) is 7.55. The van der Waals surface area contributed by atoms with E-state index < -0.39 is 0 Å². The Bertz CT molecular complexity index is 1070. The van der Waals surface area contributed by atoms with Gasteiger partial charge in [0, 0.05) is 51.4 Å². The Balaban J connectivity index is 1.89. The van der Waals surface area contributed by atoms with Gasteiger partial charge in [0.05, 0.1) is 11.4 Å². The summed E-state index contributed by atoms with van der Waals surface area (Å²) >= 11 is 10.6. The zero-order valence-electron chi connectivity index (χ0n) is 21.9. The van der Waals surface area contributed by atoms with Crippen LogP contribution in [0.5, 0.6) is 0 Å². The van der Waals surface area contributed by atoms with Crippen molar-refractivity contribution in [3.05, 3.63) is 40.6 Å². The summed E-state index contributed by atoms with van der Waals surface area (Å²) in [5, 5.41) is 0. The van der Waals surface area contributed by atoms with Gasteiger partial charge in [-0.15, -0.1) is 0 Å². The fourth-order valence-corrected chi connectivity index (χ4v) is 5.56. The minimum Gasteiger partial charge on any atom is -0.372 e. The van der Waals surface area contributed by atoms with Crippen LogP contribution in [0.25, 0.3) is 0 Å². The van der Waals surface area contributed by atoms with Crippen LogP contribution < -0.4 is 20.7 Å². The largest absolute Gasteiger partial charge is 0.372 e. The topological polar surface area (TPSA) is 47.1 Å². The van der Waals surface area contributed by atoms with Gasteiger partial charge in [0.2, 0.25) is 10.9 Å². The number of hydrogen-bond acceptors (Lipinski definition) is 8. The van der Waals surface area contributed by atoms with E-state index >= 15 is 0 Å². The Labute approximate surface area is 215 Å². The van der Waals surface area contributed by atoms with E-state index in [2.05, 4.69) is 47.4 Å². The molecule has 0 aliphatic heterocycles. The SMILES string of the molecule is CCCN(CC)CCN(C)c1c(CCCN(CCC)CCN(C)c2c(C)c(=O)c2=S)c(=O)c1=S. The molecule has 0 aliphatic rings. The van der Waals surface area contributed by atoms with E-state index in [4.69, 9.17) is 24.4 Å². The van der Waals surface area contributed by atoms with Crippen LogP contribution in [-0.4, -0.2) is 76.3 Å². The molecule has 0 saturated carbocycles. The van der Waals surface area contributed by atoms with Crippen LogP contribution in [0.3, 0.4) is 0 Å². The zero-order valence-corrected chi connectivity index (χ0v) is 23.5. The first-order valence-corrected chi connectivity index (χ1v) is 13.5. The molecule has 2 rings (SSSR count). The van der Waals surface area contributed by atoms with Gasteiger partial charge in [-0.1, -0.05) is 45.2 Å². The summed E-state index contributed by atoms with van der Waals surface area (Å²) in [6, 6.07) is 0. The summed E-state index contributed by atoms with van der Waals surface area (Å²) in [6.07, 6.45) is 3.92. The summed E-state index contributed by atoms with van der Waals surface area (Å²) in [6.45, 7) is 16.1. The Hall–Kier alpha value is -1.48. The molecule has 0 aliphatic carbocycles. The van der Waals surface area contributed by atoms with E-state index in [9.17, 15) is 9.59 Å². The fourth-order valence-electron chi connectivity index (χ4n) is 4.70. The lowest BCUT2D eigenvalue weighted by molar-refractivity contribution is 0.277. The maximum absolute atomic E-state index is 12.5. The maximum atomic E-state index is 12.5. The Kier molecular flexibility index (Phi) is 11.5. The average molecular weight is 507 g/mol. The summed E-state index contributed by atoms with van der Waals surface area (Å²) in [7, 11) is 4.06. The van der Waals surface area contributed by atoms with Crippen LogP contribution >= 0.6 is 24.4 Å². The molecule has 0 N–H and O–H groups in total. The van der Waals surface area contributed by atoms with Crippen LogP contribution in [0.15, 0.2) is 9.59 Å². The van der Waals surface area contributed by atoms with Gasteiger partial charge in [-0.3, -0.25) is 9.59 Å². The minimum atomic E-state index is 0.00663. The summed E-state index contributed by atoms with van der Waals surface area (Å²) in [5.74, 6) is 0. The van der Waals surface area contributed by atoms with Crippen molar-refractivity contribution < 1.29 is 0 Å². The number of hydrogen-bond donors (Lipinski definition) is 0. The van der Waals surface area contributed by atoms with Crippen molar-refractivity contribution in [2.75, 3.05) is 76.3 Å². The van der Waals surface area contributed by atoms with Crippen LogP contribution in [-0.2, 0) is 6.42 Å². The number of likely N-dealkylation sites (N-methyl/N-ethyl adjacent to an activating group) is 3. The first kappa shape index (κ1) is 28.8. The smallest absolute Gasteiger partial charge is 0.204 e. The molecule has 8 heteroatoms. The molecule has 0 saturated heterocycles. The minimum absolute atomic E-state index is 0.00663. The van der Waals surface area contributed by atoms with Gasteiger partial charge in [-0.25, -0.2) is 0 Å². The maximum Gasteiger partial charge on any atom is 0.204 e. The van der Waals surface area contributed by atoms with E-state index in [1.165, 1.54) is 0 Å². The molecule has 0 radical (unpaired) electrons. The third kappa shape index (κ3) is 6.80. The lowest BCUT2D eigenvalue weighted by atomic mass is 10.0. The number of rotatable bonds is 17. The van der Waals surface area contributed by atoms with Gasteiger partial charge in [-0.05, 0) is 58.8 Å². The van der Waals surface area contributed by atoms with E-state index in [1.54, 1.807) is 0 Å². The molecule has 0 bridgehead atoms. The lowest BCUT2D eigenvalue weighted by Gasteiger charge is -2.29. The second-order valence-electron chi connectivity index (χ2n) is 9.34. The monoisotopic (exact) mass is 506 g/mol. The number of anilines is 2. The van der Waals surface area contributed by atoms with E-state index in [-0.39, 0.29) is 10.9 Å². The second kappa shape index (κ2) is 13.6. The first-order valence-electron chi connectivity index (χ1n) is 12.7. The van der Waals surface area contributed by atoms with Gasteiger partial charge in [0.25, 0.3) is 0 Å². The summed E-state index contributed by atoms with van der Waals surface area (Å²) in [4.78, 5) is 33.4. The van der Waals surface area contributed by atoms with Crippen LogP contribution in [0.1, 0.15) is 51.2 Å². The highest BCUT2D eigenvalue weighted by Gasteiger charge is 2.22. The molecular formula is C26H42N4O2S2. The molecule has 34 heavy (non-hydrogen) atoms. The molecule has 0 amide bonds. The highest BCUT2D eigenvalue weighted by Crippen LogP contribution is 2.23. The van der Waals surface area contributed by atoms with Crippen LogP contribution in [0.4, 0.5) is 11.4 Å². The van der Waals surface area contributed by atoms with Crippen LogP contribution in [0.2, 0.25) is 0 Å². The fraction of sp³-hybridized carbons (Fsp3) is 0.692. The van der Waals surface area contributed by atoms with Crippen molar-refractivity contribution in [3.8, 4) is 0 Å². The van der Waals surface area contributed by atoms with Crippen molar-refractivity contribution in [2.45, 2.75) is 53.4 Å². The van der Waals surface area contributed by atoms with E-state index in [0.29, 0.717) is 9.02 Å². The van der Waals surface area contributed by atoms with Crippen LogP contribution in [0, 0.1) is 15.9 Å². The Morgan fingerprint density at radius 1 is 0.676 bits per heavy atom. The zero-order chi connectivity index (χ0) is 25.4. The molecule has 0 spiro atoms. The van der Waals surface area contributed by atoms with Crippen molar-refractivity contribution in [3.63, 3.8) is 0 Å². The van der Waals surface area contributed by atoms with Crippen molar-refractivity contribution in [1.29, 1.82) is 0 Å². The quantitative estimate of drug-likeness (QED) is 0.300. The molecule has 0 fully saturated rings. The molecule has 0 unspecified atom stereocenters. The van der Waals surface area contributed by atoms with Gasteiger partial charge in [0.15, 0.2) is 0 Å². The molecule has 190 valence electrons. The molecule has 6 nitrogen and oxygen atoms in total. The summed E-state index contributed by atoms with van der Waals surface area (Å²) < 4.78 is 0.958. The predicted molar refractivity (Wildman–Crippen MR) is 151 cm³/mol. The Morgan fingerprint density at radius 2 is 1.21 bits per heavy atom. The van der Waals surface area contributed by atoms with Crippen molar-refractivity contribution in [2.24, 2.45) is 0 Å². The highest BCUT2D eigenvalue weighted by molar-refractivity contribution is 7.72. The van der Waals surface area contributed by atoms with Crippen molar-refractivity contribution >= 4 is 35.8 Å². The van der Waals surface area contributed by atoms with Gasteiger partial charge < -0.3 is 19.6 Å². The molecular weight excluding hydrogens is 464 g/mol. The lowest BCUT2D eigenvalue weighted by Crippen LogP contribution is -2.38. The standard InChI is InChI=1S/C26H42N4O2S2/c1-7-12-29(9-3)17-15-28(6)22-20(24(32)26(22)34)11-10-14-30(13-8-2)18-16-27(5)21-19(4)23(31)25(21)33/h7-18H2,1-6H3. The van der Waals surface area contributed by atoms with E-state index in [0.717, 1.165) is 101 Å². The number of nitrogens with zero attached hydrogens (tertiary/aromatic N) is 4. The molecule has 0 heterocycles. The molecule has 2 aromatic rings. The van der Waals surface area contributed by atoms with Gasteiger partial charge >= 0.3 is 0 Å². The normalized spacial score (nSPS) is 11.9.